The van der Waals surface area contributed by atoms with Crippen LogP contribution < -0.4 is 5.73 Å². The molecule has 15 heavy (non-hydrogen) atoms. The van der Waals surface area contributed by atoms with Gasteiger partial charge in [0, 0.05) is 10.9 Å². The first-order valence-electron chi connectivity index (χ1n) is 5.28. The predicted molar refractivity (Wildman–Crippen MR) is 72.8 cm³/mol. The fourth-order valence-corrected chi connectivity index (χ4v) is 3.75. The van der Waals surface area contributed by atoms with E-state index < -0.39 is 0 Å². The fraction of sp³-hybridized carbons (Fsp3) is 0.636. The van der Waals surface area contributed by atoms with Gasteiger partial charge in [0.05, 0.1) is 3.79 Å². The molecule has 2 rings (SSSR count). The maximum atomic E-state index is 6.27. The van der Waals surface area contributed by atoms with Crippen molar-refractivity contribution in [2.24, 2.45) is 11.7 Å². The molecule has 0 radical (unpaired) electrons. The zero-order valence-electron chi connectivity index (χ0n) is 8.62. The molecule has 0 aliphatic heterocycles. The van der Waals surface area contributed by atoms with Gasteiger partial charge < -0.3 is 5.73 Å². The summed E-state index contributed by atoms with van der Waals surface area (Å²) >= 11 is 5.27. The lowest BCUT2D eigenvalue weighted by Crippen LogP contribution is -2.22. The second-order valence-corrected chi connectivity index (χ2v) is 6.56. The van der Waals surface area contributed by atoms with Crippen LogP contribution in [0.2, 0.25) is 0 Å². The average Bonchev–Trinajstić information content (AvgIpc) is 2.65. The van der Waals surface area contributed by atoms with E-state index in [0.717, 1.165) is 0 Å². The molecule has 1 fully saturated rings. The van der Waals surface area contributed by atoms with Gasteiger partial charge in [-0.05, 0) is 46.8 Å². The van der Waals surface area contributed by atoms with E-state index in [0.29, 0.717) is 5.92 Å². The highest BCUT2D eigenvalue weighted by Gasteiger charge is 2.22. The van der Waals surface area contributed by atoms with Crippen molar-refractivity contribution >= 4 is 39.7 Å². The largest absolute Gasteiger partial charge is 0.323 e. The first-order valence-corrected chi connectivity index (χ1v) is 6.89. The van der Waals surface area contributed by atoms with Gasteiger partial charge in [-0.15, -0.1) is 23.7 Å². The van der Waals surface area contributed by atoms with Gasteiger partial charge in [0.25, 0.3) is 0 Å². The Morgan fingerprint density at radius 1 is 1.27 bits per heavy atom. The number of hydrogen-bond acceptors (Lipinski definition) is 2. The Labute approximate surface area is 110 Å². The maximum Gasteiger partial charge on any atom is 0.0701 e. The summed E-state index contributed by atoms with van der Waals surface area (Å²) in [4.78, 5) is 1.34. The van der Waals surface area contributed by atoms with Crippen LogP contribution in [0.4, 0.5) is 0 Å². The zero-order valence-corrected chi connectivity index (χ0v) is 11.8. The minimum atomic E-state index is 0. The normalized spacial score (nSPS) is 19.6. The monoisotopic (exact) mass is 309 g/mol. The van der Waals surface area contributed by atoms with Gasteiger partial charge >= 0.3 is 0 Å². The van der Waals surface area contributed by atoms with Crippen LogP contribution in [0.15, 0.2) is 15.9 Å². The van der Waals surface area contributed by atoms with E-state index in [1.165, 1.54) is 40.8 Å². The van der Waals surface area contributed by atoms with E-state index in [2.05, 4.69) is 28.1 Å². The standard InChI is InChI=1S/C11H16BrNS.ClH/c12-10-7-6-9(14-10)11(13)8-4-2-1-3-5-8;/h6-8,11H,1-5,13H2;1H/t11-;/m1./s1. The molecule has 86 valence electrons. The summed E-state index contributed by atoms with van der Waals surface area (Å²) < 4.78 is 1.19. The van der Waals surface area contributed by atoms with Gasteiger partial charge in [0.2, 0.25) is 0 Å². The molecule has 1 aromatic rings. The molecule has 0 unspecified atom stereocenters. The summed E-state index contributed by atoms with van der Waals surface area (Å²) in [5.74, 6) is 0.717. The molecule has 0 spiro atoms. The van der Waals surface area contributed by atoms with E-state index in [1.807, 2.05) is 0 Å². The molecule has 0 aromatic carbocycles. The Hall–Kier alpha value is 0.430. The number of halogens is 2. The molecule has 4 heteroatoms. The van der Waals surface area contributed by atoms with Crippen molar-refractivity contribution in [3.05, 3.63) is 20.8 Å². The molecule has 0 bridgehead atoms. The second-order valence-electron chi connectivity index (χ2n) is 4.07. The summed E-state index contributed by atoms with van der Waals surface area (Å²) in [5, 5.41) is 0. The summed E-state index contributed by atoms with van der Waals surface area (Å²) in [6.07, 6.45) is 6.76. The van der Waals surface area contributed by atoms with Crippen molar-refractivity contribution in [1.29, 1.82) is 0 Å². The van der Waals surface area contributed by atoms with Gasteiger partial charge in [0.1, 0.15) is 0 Å². The smallest absolute Gasteiger partial charge is 0.0701 e. The Morgan fingerprint density at radius 3 is 2.47 bits per heavy atom. The zero-order chi connectivity index (χ0) is 9.97. The molecule has 1 nitrogen and oxygen atoms in total. The van der Waals surface area contributed by atoms with Gasteiger partial charge in [-0.2, -0.15) is 0 Å². The lowest BCUT2D eigenvalue weighted by Gasteiger charge is -2.26. The molecule has 0 amide bonds. The van der Waals surface area contributed by atoms with Crippen molar-refractivity contribution < 1.29 is 0 Å². The number of rotatable bonds is 2. The van der Waals surface area contributed by atoms with E-state index >= 15 is 0 Å². The van der Waals surface area contributed by atoms with Crippen molar-refractivity contribution in [2.75, 3.05) is 0 Å². The van der Waals surface area contributed by atoms with E-state index in [-0.39, 0.29) is 18.4 Å². The minimum Gasteiger partial charge on any atom is -0.323 e. The lowest BCUT2D eigenvalue weighted by atomic mass is 9.84. The summed E-state index contributed by atoms with van der Waals surface area (Å²) in [6, 6.07) is 4.53. The van der Waals surface area contributed by atoms with Crippen LogP contribution in [0.1, 0.15) is 43.0 Å². The Bertz CT molecular complexity index is 297. The topological polar surface area (TPSA) is 26.0 Å². The van der Waals surface area contributed by atoms with Crippen LogP contribution >= 0.6 is 39.7 Å². The summed E-state index contributed by atoms with van der Waals surface area (Å²) in [7, 11) is 0. The average molecular weight is 311 g/mol. The quantitative estimate of drug-likeness (QED) is 0.854. The van der Waals surface area contributed by atoms with E-state index in [1.54, 1.807) is 11.3 Å². The lowest BCUT2D eigenvalue weighted by molar-refractivity contribution is 0.311. The van der Waals surface area contributed by atoms with Crippen LogP contribution in [-0.2, 0) is 0 Å². The molecule has 1 saturated carbocycles. The van der Waals surface area contributed by atoms with Crippen molar-refractivity contribution in [3.8, 4) is 0 Å². The van der Waals surface area contributed by atoms with Crippen LogP contribution in [0.3, 0.4) is 0 Å². The second kappa shape index (κ2) is 6.24. The summed E-state index contributed by atoms with van der Waals surface area (Å²) in [5.41, 5.74) is 6.27. The van der Waals surface area contributed by atoms with Crippen LogP contribution in [0.5, 0.6) is 0 Å². The summed E-state index contributed by atoms with van der Waals surface area (Å²) in [6.45, 7) is 0. The molecule has 1 heterocycles. The Morgan fingerprint density at radius 2 is 1.93 bits per heavy atom. The fourth-order valence-electron chi connectivity index (χ4n) is 2.23. The number of nitrogens with two attached hydrogens (primary N) is 1. The first kappa shape index (κ1) is 13.5. The highest BCUT2D eigenvalue weighted by Crippen LogP contribution is 2.36. The molecule has 1 aromatic heterocycles. The van der Waals surface area contributed by atoms with Crippen LogP contribution in [0, 0.1) is 5.92 Å². The third-order valence-corrected chi connectivity index (χ3v) is 4.81. The SMILES string of the molecule is Cl.N[C@@H](c1ccc(Br)s1)C1CCCCC1. The molecular weight excluding hydrogens is 294 g/mol. The molecule has 1 aliphatic carbocycles. The van der Waals surface area contributed by atoms with Gasteiger partial charge in [-0.25, -0.2) is 0 Å². The molecule has 0 saturated heterocycles. The molecular formula is C11H17BrClNS. The predicted octanol–water partition coefficient (Wildman–Crippen LogP) is 4.51. The van der Waals surface area contributed by atoms with Crippen molar-refractivity contribution in [1.82, 2.24) is 0 Å². The maximum absolute atomic E-state index is 6.27. The van der Waals surface area contributed by atoms with Gasteiger partial charge in [-0.3, -0.25) is 0 Å². The first-order chi connectivity index (χ1) is 6.77. The highest BCUT2D eigenvalue weighted by molar-refractivity contribution is 9.11. The Kier molecular flexibility index (Phi) is 5.61. The minimum absolute atomic E-state index is 0. The molecule has 1 aliphatic rings. The van der Waals surface area contributed by atoms with Crippen molar-refractivity contribution in [2.45, 2.75) is 38.1 Å². The third-order valence-electron chi connectivity index (χ3n) is 3.08. The van der Waals surface area contributed by atoms with E-state index in [9.17, 15) is 0 Å². The third kappa shape index (κ3) is 3.45. The van der Waals surface area contributed by atoms with Gasteiger partial charge in [0.15, 0.2) is 0 Å². The van der Waals surface area contributed by atoms with Crippen LogP contribution in [0.25, 0.3) is 0 Å². The Balaban J connectivity index is 0.00000112. The van der Waals surface area contributed by atoms with Crippen molar-refractivity contribution in [3.63, 3.8) is 0 Å². The molecule has 1 atom stereocenters. The van der Waals surface area contributed by atoms with Crippen LogP contribution in [-0.4, -0.2) is 0 Å². The number of hydrogen-bond donors (Lipinski definition) is 1. The number of thiophene rings is 1. The highest BCUT2D eigenvalue weighted by atomic mass is 79.9. The molecule has 2 N–H and O–H groups in total. The van der Waals surface area contributed by atoms with Gasteiger partial charge in [-0.1, -0.05) is 19.3 Å². The van der Waals surface area contributed by atoms with E-state index in [4.69, 9.17) is 5.73 Å².